The minimum absolute atomic E-state index is 0.259. The molecule has 1 fully saturated rings. The van der Waals surface area contributed by atoms with Crippen molar-refractivity contribution in [3.63, 3.8) is 0 Å². The van der Waals surface area contributed by atoms with Crippen molar-refractivity contribution in [3.8, 4) is 0 Å². The van der Waals surface area contributed by atoms with Crippen molar-refractivity contribution < 1.29 is 38.1 Å². The molecule has 2 aromatic rings. The summed E-state index contributed by atoms with van der Waals surface area (Å²) in [4.78, 5) is 25.5. The highest BCUT2D eigenvalue weighted by atomic mass is 28.3. The third-order valence-electron chi connectivity index (χ3n) is 5.58. The molecule has 1 saturated heterocycles. The van der Waals surface area contributed by atoms with Gasteiger partial charge in [-0.15, -0.1) is 0 Å². The third kappa shape index (κ3) is 6.80. The summed E-state index contributed by atoms with van der Waals surface area (Å²) in [6.07, 6.45) is -4.27. The minimum Gasteiger partial charge on any atom is -0.459 e. The average Bonchev–Trinajstić information content (AvgIpc) is 3.08. The van der Waals surface area contributed by atoms with E-state index in [4.69, 9.17) is 23.4 Å². The molecular weight excluding hydrogens is 480 g/mol. The van der Waals surface area contributed by atoms with E-state index in [0.29, 0.717) is 11.1 Å². The zero-order chi connectivity index (χ0) is 26.5. The fourth-order valence-electron chi connectivity index (χ4n) is 4.17. The molecule has 9 heteroatoms. The molecule has 1 heterocycles. The Balaban J connectivity index is 1.90. The standard InChI is InChI=1S/C27H36O8Si/c1-18(33-26(2,3)4)27(35-36(5)6)23(28)22(32-25(30)20-15-11-8-12-16-20)21(34-27)17-31-24(29)19-13-9-7-10-14-19/h7-16,18,21-23,28,36H,17H2,1-6H3/t18?,21-,22-,23+,27?/m1/s1. The lowest BCUT2D eigenvalue weighted by molar-refractivity contribution is -0.284. The van der Waals surface area contributed by atoms with E-state index >= 15 is 0 Å². The quantitative estimate of drug-likeness (QED) is 0.398. The molecule has 36 heavy (non-hydrogen) atoms. The number of carbonyl (C=O) groups is 2. The summed E-state index contributed by atoms with van der Waals surface area (Å²) in [5, 5.41) is 11.5. The normalized spacial score (nSPS) is 24.9. The van der Waals surface area contributed by atoms with Gasteiger partial charge in [-0.25, -0.2) is 9.59 Å². The van der Waals surface area contributed by atoms with Crippen LogP contribution >= 0.6 is 0 Å². The van der Waals surface area contributed by atoms with Gasteiger partial charge in [0.1, 0.15) is 24.9 Å². The van der Waals surface area contributed by atoms with Crippen molar-refractivity contribution >= 4 is 21.0 Å². The van der Waals surface area contributed by atoms with Gasteiger partial charge in [0, 0.05) is 0 Å². The number of hydrogen-bond donors (Lipinski definition) is 1. The molecule has 8 nitrogen and oxygen atoms in total. The summed E-state index contributed by atoms with van der Waals surface area (Å²) >= 11 is 0. The van der Waals surface area contributed by atoms with Crippen LogP contribution in [0.4, 0.5) is 0 Å². The molecule has 1 aliphatic rings. The van der Waals surface area contributed by atoms with Crippen molar-refractivity contribution in [2.75, 3.05) is 6.61 Å². The Morgan fingerprint density at radius 1 is 1.00 bits per heavy atom. The van der Waals surface area contributed by atoms with E-state index in [1.165, 1.54) is 0 Å². The summed E-state index contributed by atoms with van der Waals surface area (Å²) in [6, 6.07) is 17.0. The number of ether oxygens (including phenoxy) is 4. The molecule has 0 bridgehead atoms. The topological polar surface area (TPSA) is 101 Å². The van der Waals surface area contributed by atoms with Gasteiger partial charge in [0.25, 0.3) is 0 Å². The van der Waals surface area contributed by atoms with Gasteiger partial charge in [0.15, 0.2) is 15.1 Å². The Labute approximate surface area is 214 Å². The number of rotatable bonds is 9. The number of benzene rings is 2. The van der Waals surface area contributed by atoms with Crippen LogP contribution in [-0.4, -0.2) is 68.5 Å². The van der Waals surface area contributed by atoms with E-state index in [-0.39, 0.29) is 6.61 Å². The SMILES string of the molecule is CC(OC(C)(C)C)C1(O[SiH](C)C)O[C@H](COC(=O)c2ccccc2)[C@@H](OC(=O)c2ccccc2)[C@@H]1O. The molecule has 196 valence electrons. The zero-order valence-electron chi connectivity index (χ0n) is 21.7. The van der Waals surface area contributed by atoms with Gasteiger partial charge in [0.05, 0.1) is 16.7 Å². The van der Waals surface area contributed by atoms with E-state index in [2.05, 4.69) is 0 Å². The summed E-state index contributed by atoms with van der Waals surface area (Å²) in [6.45, 7) is 11.0. The summed E-state index contributed by atoms with van der Waals surface area (Å²) in [7, 11) is -1.81. The van der Waals surface area contributed by atoms with Gasteiger partial charge in [-0.1, -0.05) is 36.4 Å². The van der Waals surface area contributed by atoms with Gasteiger partial charge < -0.3 is 28.5 Å². The third-order valence-corrected chi connectivity index (χ3v) is 6.42. The van der Waals surface area contributed by atoms with Crippen LogP contribution in [0.5, 0.6) is 0 Å². The lowest BCUT2D eigenvalue weighted by Gasteiger charge is -2.41. The largest absolute Gasteiger partial charge is 0.459 e. The second-order valence-corrected chi connectivity index (χ2v) is 12.4. The first-order chi connectivity index (χ1) is 16.9. The molecule has 0 amide bonds. The highest BCUT2D eigenvalue weighted by Gasteiger charge is 2.61. The van der Waals surface area contributed by atoms with E-state index in [0.717, 1.165) is 0 Å². The Morgan fingerprint density at radius 3 is 2.03 bits per heavy atom. The summed E-state index contributed by atoms with van der Waals surface area (Å²) in [5.41, 5.74) is 0.127. The molecule has 0 aromatic heterocycles. The minimum atomic E-state index is -1.81. The fourth-order valence-corrected chi connectivity index (χ4v) is 5.29. The maximum Gasteiger partial charge on any atom is 0.338 e. The zero-order valence-corrected chi connectivity index (χ0v) is 22.8. The van der Waals surface area contributed by atoms with E-state index in [9.17, 15) is 14.7 Å². The predicted octanol–water partition coefficient (Wildman–Crippen LogP) is 3.73. The second kappa shape index (κ2) is 11.7. The number of aliphatic hydroxyl groups excluding tert-OH is 1. The summed E-state index contributed by atoms with van der Waals surface area (Å²) in [5.74, 6) is -2.80. The maximum atomic E-state index is 12.9. The van der Waals surface area contributed by atoms with Crippen molar-refractivity contribution in [3.05, 3.63) is 71.8 Å². The molecule has 3 rings (SSSR count). The van der Waals surface area contributed by atoms with E-state index in [1.807, 2.05) is 33.9 Å². The molecule has 0 aliphatic carbocycles. The van der Waals surface area contributed by atoms with Crippen LogP contribution < -0.4 is 0 Å². The number of hydrogen-bond acceptors (Lipinski definition) is 8. The van der Waals surface area contributed by atoms with Crippen molar-refractivity contribution in [2.24, 2.45) is 0 Å². The number of carbonyl (C=O) groups excluding carboxylic acids is 2. The molecule has 1 aliphatic heterocycles. The summed E-state index contributed by atoms with van der Waals surface area (Å²) < 4.78 is 30.0. The average molecular weight is 517 g/mol. The van der Waals surface area contributed by atoms with Crippen molar-refractivity contribution in [2.45, 2.75) is 76.6 Å². The van der Waals surface area contributed by atoms with E-state index < -0.39 is 56.8 Å². The van der Waals surface area contributed by atoms with Crippen LogP contribution in [-0.2, 0) is 23.4 Å². The fraction of sp³-hybridized carbons (Fsp3) is 0.481. The van der Waals surface area contributed by atoms with Crippen LogP contribution in [0.25, 0.3) is 0 Å². The lowest BCUT2D eigenvalue weighted by Crippen LogP contribution is -2.57. The first-order valence-electron chi connectivity index (χ1n) is 12.1. The van der Waals surface area contributed by atoms with Crippen LogP contribution in [0, 0.1) is 0 Å². The van der Waals surface area contributed by atoms with Crippen molar-refractivity contribution in [1.82, 2.24) is 0 Å². The van der Waals surface area contributed by atoms with Crippen molar-refractivity contribution in [1.29, 1.82) is 0 Å². The van der Waals surface area contributed by atoms with Crippen LogP contribution in [0.3, 0.4) is 0 Å². The van der Waals surface area contributed by atoms with Gasteiger partial charge in [-0.3, -0.25) is 0 Å². The molecule has 0 saturated carbocycles. The van der Waals surface area contributed by atoms with Crippen LogP contribution in [0.2, 0.25) is 13.1 Å². The van der Waals surface area contributed by atoms with Gasteiger partial charge in [-0.05, 0) is 65.1 Å². The molecule has 2 aromatic carbocycles. The highest BCUT2D eigenvalue weighted by Crippen LogP contribution is 2.40. The van der Waals surface area contributed by atoms with Crippen LogP contribution in [0.15, 0.2) is 60.7 Å². The van der Waals surface area contributed by atoms with E-state index in [1.54, 1.807) is 67.6 Å². The van der Waals surface area contributed by atoms with Gasteiger partial charge in [-0.2, -0.15) is 0 Å². The maximum absolute atomic E-state index is 12.9. The first kappa shape index (κ1) is 28.0. The van der Waals surface area contributed by atoms with Crippen LogP contribution in [0.1, 0.15) is 48.4 Å². The molecule has 2 unspecified atom stereocenters. The second-order valence-electron chi connectivity index (χ2n) is 10.1. The Hall–Kier alpha value is -2.56. The Kier molecular flexibility index (Phi) is 9.07. The van der Waals surface area contributed by atoms with Gasteiger partial charge in [0.2, 0.25) is 5.79 Å². The Bertz CT molecular complexity index is 1010. The Morgan fingerprint density at radius 2 is 1.53 bits per heavy atom. The highest BCUT2D eigenvalue weighted by molar-refractivity contribution is 6.48. The van der Waals surface area contributed by atoms with Gasteiger partial charge >= 0.3 is 11.9 Å². The smallest absolute Gasteiger partial charge is 0.338 e. The first-order valence-corrected chi connectivity index (χ1v) is 14.9. The number of aliphatic hydroxyl groups is 1. The monoisotopic (exact) mass is 516 g/mol. The molecule has 5 atom stereocenters. The molecular formula is C27H36O8Si. The lowest BCUT2D eigenvalue weighted by atomic mass is 10.00. The number of esters is 2. The molecule has 0 spiro atoms. The molecule has 1 N–H and O–H groups in total. The predicted molar refractivity (Wildman–Crippen MR) is 136 cm³/mol. The molecule has 0 radical (unpaired) electrons.